The summed E-state index contributed by atoms with van der Waals surface area (Å²) in [5, 5.41) is 6.27. The minimum Gasteiger partial charge on any atom is -0.320 e. The van der Waals surface area contributed by atoms with Gasteiger partial charge in [-0.1, -0.05) is 0 Å². The van der Waals surface area contributed by atoms with Gasteiger partial charge in [0.15, 0.2) is 0 Å². The summed E-state index contributed by atoms with van der Waals surface area (Å²) in [5.74, 6) is -5.04. The first-order valence-corrected chi connectivity index (χ1v) is 12.3. The largest absolute Gasteiger partial charge is 0.420 e. The lowest BCUT2D eigenvalue weighted by atomic mass is 10.1. The summed E-state index contributed by atoms with van der Waals surface area (Å²) >= 11 is 0. The first-order valence-electron chi connectivity index (χ1n) is 10.3. The zero-order valence-electron chi connectivity index (χ0n) is 17.6. The number of alkyl halides is 5. The Morgan fingerprint density at radius 1 is 1.33 bits per heavy atom. The van der Waals surface area contributed by atoms with Crippen LogP contribution in [0.2, 0.25) is 0 Å². The van der Waals surface area contributed by atoms with Crippen LogP contribution in [0.25, 0.3) is 0 Å². The highest BCUT2D eigenvalue weighted by molar-refractivity contribution is 7.91. The number of carbonyl (C=O) groups excluding carboxylic acids is 1. The van der Waals surface area contributed by atoms with Crippen molar-refractivity contribution < 1.29 is 31.0 Å². The molecule has 33 heavy (non-hydrogen) atoms. The Bertz CT molecular complexity index is 1190. The predicted octanol–water partition coefficient (Wildman–Crippen LogP) is 4.90. The number of hydrogen-bond acceptors (Lipinski definition) is 5. The molecule has 0 bridgehead atoms. The highest BCUT2D eigenvalue weighted by Crippen LogP contribution is 2.47. The summed E-state index contributed by atoms with van der Waals surface area (Å²) in [4.78, 5) is 16.9. The second-order valence-corrected chi connectivity index (χ2v) is 10.8. The van der Waals surface area contributed by atoms with Crippen LogP contribution in [0.4, 0.5) is 27.6 Å². The van der Waals surface area contributed by atoms with Gasteiger partial charge in [-0.3, -0.25) is 9.48 Å². The fourth-order valence-electron chi connectivity index (χ4n) is 4.10. The van der Waals surface area contributed by atoms with Crippen LogP contribution in [-0.4, -0.2) is 37.1 Å². The van der Waals surface area contributed by atoms with E-state index in [-0.39, 0.29) is 35.8 Å². The lowest BCUT2D eigenvalue weighted by molar-refractivity contribution is -0.138. The fraction of sp³-hybridized carbons (Fsp3) is 0.550. The fourth-order valence-corrected chi connectivity index (χ4v) is 4.71. The van der Waals surface area contributed by atoms with Gasteiger partial charge < -0.3 is 5.32 Å². The molecule has 2 aliphatic carbocycles. The maximum atomic E-state index is 14.0. The van der Waals surface area contributed by atoms with Crippen molar-refractivity contribution in [2.45, 2.75) is 61.7 Å². The quantitative estimate of drug-likeness (QED) is 0.562. The Kier molecular flexibility index (Phi) is 5.74. The van der Waals surface area contributed by atoms with E-state index in [0.29, 0.717) is 12.8 Å². The van der Waals surface area contributed by atoms with E-state index < -0.39 is 57.2 Å². The van der Waals surface area contributed by atoms with E-state index in [1.54, 1.807) is 0 Å². The number of hydrogen-bond donors (Lipinski definition) is 2. The molecule has 2 aromatic rings. The molecule has 180 valence electrons. The van der Waals surface area contributed by atoms with Crippen LogP contribution in [0.1, 0.15) is 59.8 Å². The Balaban J connectivity index is 1.73. The summed E-state index contributed by atoms with van der Waals surface area (Å²) in [6.07, 6.45) is -2.27. The van der Waals surface area contributed by atoms with Gasteiger partial charge in [-0.15, -0.1) is 0 Å². The van der Waals surface area contributed by atoms with Crippen LogP contribution < -0.4 is 5.32 Å². The number of halogens is 5. The highest BCUT2D eigenvalue weighted by atomic mass is 32.2. The molecule has 1 amide bonds. The van der Waals surface area contributed by atoms with E-state index in [2.05, 4.69) is 15.4 Å². The van der Waals surface area contributed by atoms with E-state index in [1.165, 1.54) is 12.3 Å². The first kappa shape index (κ1) is 23.6. The third-order valence-corrected chi connectivity index (χ3v) is 6.79. The smallest absolute Gasteiger partial charge is 0.320 e. The van der Waals surface area contributed by atoms with Crippen molar-refractivity contribution in [3.05, 3.63) is 35.3 Å². The van der Waals surface area contributed by atoms with Crippen molar-refractivity contribution in [1.82, 2.24) is 14.8 Å². The first-order chi connectivity index (χ1) is 15.2. The molecule has 0 radical (unpaired) electrons. The van der Waals surface area contributed by atoms with E-state index in [4.69, 9.17) is 4.78 Å². The molecule has 2 fully saturated rings. The number of anilines is 1. The summed E-state index contributed by atoms with van der Waals surface area (Å²) in [7, 11) is -3.22. The van der Waals surface area contributed by atoms with Crippen molar-refractivity contribution in [3.63, 3.8) is 0 Å². The van der Waals surface area contributed by atoms with Crippen molar-refractivity contribution in [1.29, 1.82) is 4.78 Å². The normalized spacial score (nSPS) is 22.2. The van der Waals surface area contributed by atoms with Gasteiger partial charge in [-0.25, -0.2) is 22.8 Å². The summed E-state index contributed by atoms with van der Waals surface area (Å²) in [6.45, 7) is -0.231. The lowest BCUT2D eigenvalue weighted by Gasteiger charge is -2.15. The molecule has 2 N–H and O–H groups in total. The Morgan fingerprint density at radius 2 is 2.03 bits per heavy atom. The number of carbonyl (C=O) groups is 1. The third kappa shape index (κ3) is 5.17. The third-order valence-electron chi connectivity index (χ3n) is 5.77. The van der Waals surface area contributed by atoms with Gasteiger partial charge >= 0.3 is 6.18 Å². The molecule has 0 aromatic carbocycles. The lowest BCUT2D eigenvalue weighted by Crippen LogP contribution is -2.24. The Morgan fingerprint density at radius 3 is 2.58 bits per heavy atom. The molecule has 7 nitrogen and oxygen atoms in total. The van der Waals surface area contributed by atoms with Crippen molar-refractivity contribution in [2.24, 2.45) is 5.92 Å². The van der Waals surface area contributed by atoms with E-state index in [9.17, 15) is 31.0 Å². The van der Waals surface area contributed by atoms with Crippen molar-refractivity contribution in [3.8, 4) is 0 Å². The molecule has 0 spiro atoms. The van der Waals surface area contributed by atoms with Crippen LogP contribution in [-0.2, 0) is 22.5 Å². The van der Waals surface area contributed by atoms with Crippen LogP contribution >= 0.6 is 0 Å². The van der Waals surface area contributed by atoms with Gasteiger partial charge in [0.2, 0.25) is 5.92 Å². The molecule has 13 heteroatoms. The molecule has 0 saturated heterocycles. The minimum atomic E-state index is -4.87. The van der Waals surface area contributed by atoms with Crippen molar-refractivity contribution in [2.75, 3.05) is 11.6 Å². The van der Waals surface area contributed by atoms with E-state index in [1.807, 2.05) is 0 Å². The molecule has 2 atom stereocenters. The van der Waals surface area contributed by atoms with Gasteiger partial charge in [0.1, 0.15) is 16.3 Å². The average Bonchev–Trinajstić information content (AvgIpc) is 3.37. The van der Waals surface area contributed by atoms with Crippen LogP contribution in [0.5, 0.6) is 0 Å². The monoisotopic (exact) mass is 491 g/mol. The molecule has 2 aliphatic rings. The van der Waals surface area contributed by atoms with Crippen LogP contribution in [0.15, 0.2) is 23.4 Å². The summed E-state index contributed by atoms with van der Waals surface area (Å²) < 4.78 is 89.9. The molecular formula is C20H22F5N5O2S. The van der Waals surface area contributed by atoms with Crippen LogP contribution in [0.3, 0.4) is 0 Å². The summed E-state index contributed by atoms with van der Waals surface area (Å²) in [6, 6.07) is 2.44. The molecule has 0 aliphatic heterocycles. The number of amides is 1. The van der Waals surface area contributed by atoms with Crippen LogP contribution in [0, 0.1) is 10.7 Å². The maximum Gasteiger partial charge on any atom is 0.420 e. The van der Waals surface area contributed by atoms with Gasteiger partial charge in [0.25, 0.3) is 5.91 Å². The molecule has 0 unspecified atom stereocenters. The van der Waals surface area contributed by atoms with E-state index in [0.717, 1.165) is 17.0 Å². The highest BCUT2D eigenvalue weighted by Gasteiger charge is 2.47. The number of aromatic nitrogens is 3. The average molecular weight is 491 g/mol. The number of rotatable bonds is 6. The van der Waals surface area contributed by atoms with Crippen molar-refractivity contribution >= 4 is 21.3 Å². The van der Waals surface area contributed by atoms with Gasteiger partial charge in [-0.05, 0) is 37.3 Å². The Labute approximate surface area is 186 Å². The molecule has 2 heterocycles. The molecular weight excluding hydrogens is 469 g/mol. The molecule has 2 aromatic heterocycles. The predicted molar refractivity (Wildman–Crippen MR) is 109 cm³/mol. The second-order valence-electron chi connectivity index (χ2n) is 8.71. The number of nitrogens with one attached hydrogen (secondary N) is 2. The number of pyridine rings is 1. The standard InChI is InChI=1S/C20H22F5N5O2S/c1-33(26,32)14-8-13(5-7-27-14)28-18(31)17-15(20(23,24)25)16(12-2-3-12)29-30(17)10-11-4-6-19(21,22)9-11/h5,7-8,11-12,26H,2-4,6,9-10H2,1H3,(H,27,28,31)/t11-,33+/m0/s1. The van der Waals surface area contributed by atoms with Gasteiger partial charge in [-0.2, -0.15) is 18.3 Å². The topological polar surface area (TPSA) is 101 Å². The summed E-state index contributed by atoms with van der Waals surface area (Å²) in [5.41, 5.74) is -2.12. The van der Waals surface area contributed by atoms with E-state index >= 15 is 0 Å². The maximum absolute atomic E-state index is 14.0. The zero-order chi connectivity index (χ0) is 24.2. The second kappa shape index (κ2) is 8.03. The van der Waals surface area contributed by atoms with Gasteiger partial charge in [0.05, 0.1) is 15.4 Å². The Hall–Kier alpha value is -2.57. The molecule has 4 rings (SSSR count). The van der Waals surface area contributed by atoms with Gasteiger partial charge in [0, 0.05) is 43.4 Å². The number of nitrogens with zero attached hydrogens (tertiary/aromatic N) is 3. The SMILES string of the molecule is C[S@@](=N)(=O)c1cc(NC(=O)c2c(C(F)(F)F)c(C3CC3)nn2C[C@H]2CCC(F)(F)C2)ccn1. The molecule has 2 saturated carbocycles. The zero-order valence-corrected chi connectivity index (χ0v) is 18.4. The minimum absolute atomic E-state index is 0.00747.